The zero-order valence-electron chi connectivity index (χ0n) is 54.8. The van der Waals surface area contributed by atoms with Crippen LogP contribution in [0.3, 0.4) is 0 Å². The molecular weight excluding hydrogens is 1010 g/mol. The van der Waals surface area contributed by atoms with E-state index in [2.05, 4.69) is 93.7 Å². The highest BCUT2D eigenvalue weighted by Gasteiger charge is 2.19. The average molecular weight is 1150 g/mol. The number of allylic oxidation sites excluding steroid dienone is 12. The zero-order chi connectivity index (χ0) is 59.2. The van der Waals surface area contributed by atoms with Crippen LogP contribution in [0.2, 0.25) is 0 Å². The first-order valence-corrected chi connectivity index (χ1v) is 35.9. The molecule has 0 amide bonds. The Labute approximate surface area is 510 Å². The van der Waals surface area contributed by atoms with Crippen LogP contribution in [0.4, 0.5) is 0 Å². The molecule has 0 radical (unpaired) electrons. The van der Waals surface area contributed by atoms with Gasteiger partial charge in [-0.15, -0.1) is 0 Å². The lowest BCUT2D eigenvalue weighted by atomic mass is 10.0. The number of esters is 3. The fourth-order valence-electron chi connectivity index (χ4n) is 10.5. The van der Waals surface area contributed by atoms with Crippen molar-refractivity contribution < 1.29 is 28.6 Å². The number of rotatable bonds is 66. The van der Waals surface area contributed by atoms with Gasteiger partial charge in [0.25, 0.3) is 0 Å². The van der Waals surface area contributed by atoms with Crippen molar-refractivity contribution in [3.63, 3.8) is 0 Å². The van der Waals surface area contributed by atoms with Gasteiger partial charge >= 0.3 is 17.9 Å². The maximum atomic E-state index is 13.0. The molecule has 0 saturated carbocycles. The van der Waals surface area contributed by atoms with Crippen molar-refractivity contribution in [1.82, 2.24) is 0 Å². The van der Waals surface area contributed by atoms with Gasteiger partial charge in [0.05, 0.1) is 0 Å². The lowest BCUT2D eigenvalue weighted by molar-refractivity contribution is -0.167. The summed E-state index contributed by atoms with van der Waals surface area (Å²) in [4.78, 5) is 38.5. The Bertz CT molecular complexity index is 1500. The molecule has 0 aliphatic rings. The molecule has 0 bridgehead atoms. The van der Waals surface area contributed by atoms with E-state index in [1.165, 1.54) is 231 Å². The molecule has 476 valence electrons. The van der Waals surface area contributed by atoms with Crippen molar-refractivity contribution in [3.8, 4) is 0 Å². The molecule has 82 heavy (non-hydrogen) atoms. The van der Waals surface area contributed by atoms with Crippen LogP contribution in [0.5, 0.6) is 0 Å². The van der Waals surface area contributed by atoms with E-state index < -0.39 is 6.10 Å². The van der Waals surface area contributed by atoms with Gasteiger partial charge in [-0.25, -0.2) is 0 Å². The largest absolute Gasteiger partial charge is 0.462 e. The zero-order valence-corrected chi connectivity index (χ0v) is 54.8. The third-order valence-corrected chi connectivity index (χ3v) is 15.9. The fraction of sp³-hybridized carbons (Fsp3) is 0.803. The molecule has 6 nitrogen and oxygen atoms in total. The Balaban J connectivity index is 4.34. The van der Waals surface area contributed by atoms with E-state index in [0.29, 0.717) is 19.3 Å². The molecule has 0 aromatic rings. The predicted octanol–water partition coefficient (Wildman–Crippen LogP) is 24.8. The van der Waals surface area contributed by atoms with E-state index in [0.717, 1.165) is 103 Å². The number of ether oxygens (including phenoxy) is 3. The van der Waals surface area contributed by atoms with Crippen LogP contribution >= 0.6 is 0 Å². The minimum Gasteiger partial charge on any atom is -0.462 e. The van der Waals surface area contributed by atoms with Gasteiger partial charge in [0.2, 0.25) is 0 Å². The van der Waals surface area contributed by atoms with Gasteiger partial charge in [0.1, 0.15) is 13.2 Å². The van der Waals surface area contributed by atoms with Gasteiger partial charge in [0, 0.05) is 19.3 Å². The van der Waals surface area contributed by atoms with Gasteiger partial charge in [-0.1, -0.05) is 331 Å². The van der Waals surface area contributed by atoms with E-state index in [1.807, 2.05) is 0 Å². The second kappa shape index (κ2) is 70.3. The summed E-state index contributed by atoms with van der Waals surface area (Å²) in [5.41, 5.74) is 0. The first-order chi connectivity index (χ1) is 40.5. The number of unbranched alkanes of at least 4 members (excludes halogenated alkanes) is 43. The summed E-state index contributed by atoms with van der Waals surface area (Å²) in [6.07, 6.45) is 92.1. The summed E-state index contributed by atoms with van der Waals surface area (Å²) < 4.78 is 17.0. The molecule has 0 N–H and O–H groups in total. The Hall–Kier alpha value is -3.15. The van der Waals surface area contributed by atoms with Crippen molar-refractivity contribution in [2.45, 2.75) is 380 Å². The highest BCUT2D eigenvalue weighted by molar-refractivity contribution is 5.71. The van der Waals surface area contributed by atoms with Crippen LogP contribution in [-0.4, -0.2) is 37.2 Å². The van der Waals surface area contributed by atoms with Gasteiger partial charge in [-0.3, -0.25) is 14.4 Å². The molecule has 0 heterocycles. The number of carbonyl (C=O) groups is 3. The number of carbonyl (C=O) groups excluding carboxylic acids is 3. The van der Waals surface area contributed by atoms with Crippen LogP contribution in [0.15, 0.2) is 72.9 Å². The van der Waals surface area contributed by atoms with Crippen molar-refractivity contribution in [1.29, 1.82) is 0 Å². The van der Waals surface area contributed by atoms with Crippen molar-refractivity contribution in [2.75, 3.05) is 13.2 Å². The van der Waals surface area contributed by atoms with Crippen LogP contribution in [0.1, 0.15) is 374 Å². The minimum absolute atomic E-state index is 0.0820. The molecule has 0 aliphatic heterocycles. The Morgan fingerprint density at radius 1 is 0.244 bits per heavy atom. The van der Waals surface area contributed by atoms with Crippen molar-refractivity contribution in [3.05, 3.63) is 72.9 Å². The highest BCUT2D eigenvalue weighted by atomic mass is 16.6. The molecule has 1 atom stereocenters. The number of hydrogen-bond acceptors (Lipinski definition) is 6. The molecule has 0 aliphatic carbocycles. The number of hydrogen-bond donors (Lipinski definition) is 0. The van der Waals surface area contributed by atoms with E-state index in [9.17, 15) is 14.4 Å². The molecule has 0 fully saturated rings. The molecule has 0 spiro atoms. The minimum atomic E-state index is -0.789. The van der Waals surface area contributed by atoms with Crippen LogP contribution in [0, 0.1) is 0 Å². The lowest BCUT2D eigenvalue weighted by Gasteiger charge is -2.18. The molecule has 0 rings (SSSR count). The molecule has 6 heteroatoms. The maximum Gasteiger partial charge on any atom is 0.306 e. The standard InChI is InChI=1S/C76H136O6/c1-4-7-10-13-16-19-22-25-28-31-34-35-36-37-38-39-40-43-45-48-51-54-57-60-63-66-69-75(78)81-72-73(82-76(79)70-67-64-61-58-55-52-49-46-42-33-30-27-24-21-18-15-12-9-6-3)71-80-74(77)68-65-62-59-56-53-50-47-44-41-32-29-26-23-20-17-14-11-8-5-2/h17-18,20-21,26-27,29-30,41-42,44,46,73H,4-16,19,22-25,28,31-40,43,45,47-72H2,1-3H3/b20-17-,21-18-,29-26-,30-27-,44-41-,46-42-. The van der Waals surface area contributed by atoms with E-state index in [4.69, 9.17) is 14.2 Å². The SMILES string of the molecule is CCCCC/C=C\C/C=C\C/C=C\CCCCCCCCC(=O)OCC(COC(=O)CCCCCCCCCCCCCCCCCCCCCCCCCCCC)OC(=O)CCCCCCCC/C=C\C/C=C\C/C=C\CCCCC. The highest BCUT2D eigenvalue weighted by Crippen LogP contribution is 2.18. The first-order valence-electron chi connectivity index (χ1n) is 35.9. The van der Waals surface area contributed by atoms with Crippen LogP contribution in [0.25, 0.3) is 0 Å². The fourth-order valence-corrected chi connectivity index (χ4v) is 10.5. The van der Waals surface area contributed by atoms with Gasteiger partial charge in [-0.05, 0) is 96.3 Å². The second-order valence-electron chi connectivity index (χ2n) is 24.1. The molecule has 0 saturated heterocycles. The summed E-state index contributed by atoms with van der Waals surface area (Å²) in [6.45, 7) is 6.62. The molecule has 0 aromatic heterocycles. The topological polar surface area (TPSA) is 78.9 Å². The summed E-state index contributed by atoms with van der Waals surface area (Å²) >= 11 is 0. The smallest absolute Gasteiger partial charge is 0.306 e. The quantitative estimate of drug-likeness (QED) is 0.0261. The summed E-state index contributed by atoms with van der Waals surface area (Å²) in [7, 11) is 0. The summed E-state index contributed by atoms with van der Waals surface area (Å²) in [5, 5.41) is 0. The normalized spacial score (nSPS) is 12.5. The third kappa shape index (κ3) is 67.6. The lowest BCUT2D eigenvalue weighted by Crippen LogP contribution is -2.30. The first kappa shape index (κ1) is 78.8. The Morgan fingerprint density at radius 2 is 0.439 bits per heavy atom. The van der Waals surface area contributed by atoms with Gasteiger partial charge < -0.3 is 14.2 Å². The van der Waals surface area contributed by atoms with Crippen LogP contribution in [-0.2, 0) is 28.6 Å². The Kier molecular flexibility index (Phi) is 67.6. The van der Waals surface area contributed by atoms with E-state index in [1.54, 1.807) is 0 Å². The third-order valence-electron chi connectivity index (χ3n) is 15.9. The Morgan fingerprint density at radius 3 is 0.707 bits per heavy atom. The van der Waals surface area contributed by atoms with Gasteiger partial charge in [-0.2, -0.15) is 0 Å². The molecule has 1 unspecified atom stereocenters. The van der Waals surface area contributed by atoms with E-state index in [-0.39, 0.29) is 31.1 Å². The van der Waals surface area contributed by atoms with Crippen molar-refractivity contribution >= 4 is 17.9 Å². The second-order valence-corrected chi connectivity index (χ2v) is 24.1. The summed E-state index contributed by atoms with van der Waals surface area (Å²) in [5.74, 6) is -0.886. The maximum absolute atomic E-state index is 13.0. The molecule has 0 aromatic carbocycles. The van der Waals surface area contributed by atoms with Crippen LogP contribution < -0.4 is 0 Å². The molecular formula is C76H136O6. The van der Waals surface area contributed by atoms with E-state index >= 15 is 0 Å². The predicted molar refractivity (Wildman–Crippen MR) is 358 cm³/mol. The summed E-state index contributed by atoms with van der Waals surface area (Å²) in [6, 6.07) is 0. The van der Waals surface area contributed by atoms with Gasteiger partial charge in [0.15, 0.2) is 6.10 Å². The van der Waals surface area contributed by atoms with Crippen molar-refractivity contribution in [2.24, 2.45) is 0 Å². The average Bonchev–Trinajstić information content (AvgIpc) is 3.47. The monoisotopic (exact) mass is 1150 g/mol.